The summed E-state index contributed by atoms with van der Waals surface area (Å²) in [6.45, 7) is 3.88. The van der Waals surface area contributed by atoms with Crippen molar-refractivity contribution in [2.75, 3.05) is 0 Å². The molecule has 0 bridgehead atoms. The van der Waals surface area contributed by atoms with E-state index in [1.807, 2.05) is 56.3 Å². The molecule has 2 aromatic carbocycles. The summed E-state index contributed by atoms with van der Waals surface area (Å²) in [5.41, 5.74) is 2.91. The van der Waals surface area contributed by atoms with Gasteiger partial charge < -0.3 is 4.42 Å². The highest BCUT2D eigenvalue weighted by molar-refractivity contribution is 7.18. The third-order valence-corrected chi connectivity index (χ3v) is 3.75. The van der Waals surface area contributed by atoms with Crippen LogP contribution in [0.25, 0.3) is 21.3 Å². The largest absolute Gasteiger partial charge is 0.441 e. The number of hydrogen-bond acceptors (Lipinski definition) is 4. The monoisotopic (exact) mass is 282 g/mol. The summed E-state index contributed by atoms with van der Waals surface area (Å²) >= 11 is 1.74. The second-order valence-corrected chi connectivity index (χ2v) is 5.64. The third kappa shape index (κ3) is 2.70. The Morgan fingerprint density at radius 3 is 2.30 bits per heavy atom. The topological polar surface area (TPSA) is 38.9 Å². The van der Waals surface area contributed by atoms with Crippen molar-refractivity contribution in [1.82, 2.24) is 9.97 Å². The molecule has 0 spiro atoms. The zero-order valence-electron chi connectivity index (χ0n) is 11.3. The van der Waals surface area contributed by atoms with E-state index in [1.165, 1.54) is 4.70 Å². The van der Waals surface area contributed by atoms with Gasteiger partial charge in [0.2, 0.25) is 0 Å². The lowest BCUT2D eigenvalue weighted by molar-refractivity contribution is 0.561. The molecule has 20 heavy (non-hydrogen) atoms. The minimum Gasteiger partial charge on any atom is -0.441 e. The molecule has 0 saturated heterocycles. The highest BCUT2D eigenvalue weighted by Crippen LogP contribution is 2.19. The minimum absolute atomic E-state index is 0.723. The van der Waals surface area contributed by atoms with Gasteiger partial charge in [0.15, 0.2) is 11.5 Å². The summed E-state index contributed by atoms with van der Waals surface area (Å²) in [5, 5.41) is 1.14. The number of para-hydroxylation sites is 3. The van der Waals surface area contributed by atoms with Crippen LogP contribution in [-0.4, -0.2) is 9.97 Å². The van der Waals surface area contributed by atoms with Crippen LogP contribution in [-0.2, 0) is 0 Å². The lowest BCUT2D eigenvalue weighted by Crippen LogP contribution is -1.65. The first kappa shape index (κ1) is 12.8. The van der Waals surface area contributed by atoms with E-state index in [-0.39, 0.29) is 0 Å². The third-order valence-electron chi connectivity index (χ3n) is 2.80. The van der Waals surface area contributed by atoms with E-state index in [4.69, 9.17) is 4.42 Å². The highest BCUT2D eigenvalue weighted by Gasteiger charge is 1.97. The van der Waals surface area contributed by atoms with Gasteiger partial charge in [-0.2, -0.15) is 0 Å². The SMILES string of the molecule is Cc1nc2ccccc2o1.Cc1nc2ccccc2s1. The molecule has 0 aliphatic carbocycles. The zero-order valence-corrected chi connectivity index (χ0v) is 12.1. The Balaban J connectivity index is 0.000000121. The number of aromatic nitrogens is 2. The molecule has 3 nitrogen and oxygen atoms in total. The molecule has 0 aliphatic rings. The van der Waals surface area contributed by atoms with E-state index in [9.17, 15) is 0 Å². The molecule has 0 unspecified atom stereocenters. The van der Waals surface area contributed by atoms with Gasteiger partial charge in [0, 0.05) is 6.92 Å². The van der Waals surface area contributed by atoms with Crippen molar-refractivity contribution in [3.8, 4) is 0 Å². The number of rotatable bonds is 0. The van der Waals surface area contributed by atoms with Crippen LogP contribution in [0.2, 0.25) is 0 Å². The lowest BCUT2D eigenvalue weighted by Gasteiger charge is -1.80. The lowest BCUT2D eigenvalue weighted by atomic mass is 10.3. The normalized spacial score (nSPS) is 10.5. The molecule has 0 aliphatic heterocycles. The number of fused-ring (bicyclic) bond motifs is 2. The van der Waals surface area contributed by atoms with Gasteiger partial charge in [-0.3, -0.25) is 0 Å². The summed E-state index contributed by atoms with van der Waals surface area (Å²) in [6.07, 6.45) is 0. The van der Waals surface area contributed by atoms with Crippen LogP contribution in [0, 0.1) is 13.8 Å². The van der Waals surface area contributed by atoms with E-state index in [2.05, 4.69) is 16.0 Å². The number of nitrogens with zero attached hydrogens (tertiary/aromatic N) is 2. The van der Waals surface area contributed by atoms with Crippen LogP contribution in [0.15, 0.2) is 52.9 Å². The van der Waals surface area contributed by atoms with Gasteiger partial charge in [-0.15, -0.1) is 11.3 Å². The maximum absolute atomic E-state index is 5.26. The first-order valence-electron chi connectivity index (χ1n) is 6.37. The average Bonchev–Trinajstić information content (AvgIpc) is 2.99. The number of thiazole rings is 1. The Hall–Kier alpha value is -2.20. The molecule has 0 N–H and O–H groups in total. The summed E-state index contributed by atoms with van der Waals surface area (Å²) in [6, 6.07) is 15.9. The first-order chi connectivity index (χ1) is 9.72. The van der Waals surface area contributed by atoms with Crippen molar-refractivity contribution in [3.05, 3.63) is 59.4 Å². The maximum atomic E-state index is 5.26. The predicted molar refractivity (Wildman–Crippen MR) is 83.1 cm³/mol. The molecule has 2 heterocycles. The van der Waals surface area contributed by atoms with Crippen molar-refractivity contribution < 1.29 is 4.42 Å². The molecular formula is C16H14N2OS. The quantitative estimate of drug-likeness (QED) is 0.467. The molecule has 0 fully saturated rings. The fourth-order valence-electron chi connectivity index (χ4n) is 1.97. The van der Waals surface area contributed by atoms with E-state index >= 15 is 0 Å². The smallest absolute Gasteiger partial charge is 0.192 e. The Labute approximate surface area is 120 Å². The van der Waals surface area contributed by atoms with Crippen LogP contribution in [0.4, 0.5) is 0 Å². The van der Waals surface area contributed by atoms with E-state index in [1.54, 1.807) is 11.3 Å². The van der Waals surface area contributed by atoms with Crippen molar-refractivity contribution in [3.63, 3.8) is 0 Å². The molecule has 4 rings (SSSR count). The van der Waals surface area contributed by atoms with Crippen LogP contribution >= 0.6 is 11.3 Å². The van der Waals surface area contributed by atoms with Gasteiger partial charge in [0.05, 0.1) is 15.2 Å². The van der Waals surface area contributed by atoms with Gasteiger partial charge in [-0.25, -0.2) is 9.97 Å². The second kappa shape index (κ2) is 5.43. The molecule has 0 amide bonds. The number of oxazole rings is 1. The first-order valence-corrected chi connectivity index (χ1v) is 7.18. The van der Waals surface area contributed by atoms with Gasteiger partial charge in [-0.05, 0) is 31.2 Å². The molecule has 0 radical (unpaired) electrons. The van der Waals surface area contributed by atoms with Crippen molar-refractivity contribution in [1.29, 1.82) is 0 Å². The van der Waals surface area contributed by atoms with Crippen LogP contribution in [0.1, 0.15) is 10.9 Å². The fraction of sp³-hybridized carbons (Fsp3) is 0.125. The summed E-state index contributed by atoms with van der Waals surface area (Å²) in [7, 11) is 0. The second-order valence-electron chi connectivity index (χ2n) is 4.40. The Morgan fingerprint density at radius 2 is 1.55 bits per heavy atom. The molecule has 4 aromatic rings. The summed E-state index contributed by atoms with van der Waals surface area (Å²) < 4.78 is 6.53. The molecule has 100 valence electrons. The molecule has 0 atom stereocenters. The fourth-order valence-corrected chi connectivity index (χ4v) is 2.80. The van der Waals surface area contributed by atoms with Gasteiger partial charge >= 0.3 is 0 Å². The standard InChI is InChI=1S/C8H7NO.C8H7NS/c2*1-6-9-7-4-2-3-5-8(7)10-6/h2*2-5H,1H3. The molecular weight excluding hydrogens is 268 g/mol. The summed E-state index contributed by atoms with van der Waals surface area (Å²) in [5.74, 6) is 0.723. The van der Waals surface area contributed by atoms with Crippen LogP contribution in [0.5, 0.6) is 0 Å². The number of hydrogen-bond donors (Lipinski definition) is 0. The number of benzene rings is 2. The molecule has 4 heteroatoms. The van der Waals surface area contributed by atoms with Crippen molar-refractivity contribution in [2.45, 2.75) is 13.8 Å². The molecule has 0 saturated carbocycles. The van der Waals surface area contributed by atoms with Crippen molar-refractivity contribution in [2.24, 2.45) is 0 Å². The van der Waals surface area contributed by atoms with E-state index < -0.39 is 0 Å². The van der Waals surface area contributed by atoms with Gasteiger partial charge in [0.25, 0.3) is 0 Å². The maximum Gasteiger partial charge on any atom is 0.192 e. The van der Waals surface area contributed by atoms with E-state index in [0.717, 1.165) is 27.5 Å². The van der Waals surface area contributed by atoms with Crippen LogP contribution < -0.4 is 0 Å². The molecule has 2 aromatic heterocycles. The van der Waals surface area contributed by atoms with E-state index in [0.29, 0.717) is 0 Å². The zero-order chi connectivity index (χ0) is 13.9. The van der Waals surface area contributed by atoms with Gasteiger partial charge in [0.1, 0.15) is 5.52 Å². The highest BCUT2D eigenvalue weighted by atomic mass is 32.1. The Bertz CT molecular complexity index is 710. The Morgan fingerprint density at radius 1 is 0.850 bits per heavy atom. The Kier molecular flexibility index (Phi) is 3.48. The predicted octanol–water partition coefficient (Wildman–Crippen LogP) is 4.74. The summed E-state index contributed by atoms with van der Waals surface area (Å²) in [4.78, 5) is 8.48. The average molecular weight is 282 g/mol. The minimum atomic E-state index is 0.723. The number of aryl methyl sites for hydroxylation is 2. The van der Waals surface area contributed by atoms with Crippen LogP contribution in [0.3, 0.4) is 0 Å². The van der Waals surface area contributed by atoms with Gasteiger partial charge in [-0.1, -0.05) is 24.3 Å². The van der Waals surface area contributed by atoms with Crippen molar-refractivity contribution >= 4 is 32.7 Å².